The lowest BCUT2D eigenvalue weighted by atomic mass is 9.95. The first-order valence-electron chi connectivity index (χ1n) is 20.1. The van der Waals surface area contributed by atoms with Gasteiger partial charge in [0.1, 0.15) is 0 Å². The van der Waals surface area contributed by atoms with E-state index in [2.05, 4.69) is 199 Å². The van der Waals surface area contributed by atoms with Crippen molar-refractivity contribution in [1.82, 2.24) is 15.0 Å². The number of benzene rings is 9. The molecule has 4 nitrogen and oxygen atoms in total. The van der Waals surface area contributed by atoms with Gasteiger partial charge in [-0.15, -0.1) is 0 Å². The molecule has 0 saturated carbocycles. The van der Waals surface area contributed by atoms with Crippen LogP contribution in [0.15, 0.2) is 228 Å². The summed E-state index contributed by atoms with van der Waals surface area (Å²) < 4.78 is 0. The summed E-state index contributed by atoms with van der Waals surface area (Å²) in [5.41, 5.74) is 13.3. The molecular formula is C55H36N4S. The number of rotatable bonds is 8. The molecule has 2 heterocycles. The third kappa shape index (κ3) is 6.61. The first kappa shape index (κ1) is 35.6. The first-order chi connectivity index (χ1) is 29.7. The summed E-state index contributed by atoms with van der Waals surface area (Å²) >= 11 is 1.81. The first-order valence-corrected chi connectivity index (χ1v) is 20.9. The molecule has 0 saturated heterocycles. The Bertz CT molecular complexity index is 3150. The molecule has 0 N–H and O–H groups in total. The predicted molar refractivity (Wildman–Crippen MR) is 249 cm³/mol. The fourth-order valence-electron chi connectivity index (χ4n) is 8.21. The highest BCUT2D eigenvalue weighted by molar-refractivity contribution is 7.99. The van der Waals surface area contributed by atoms with Crippen LogP contribution in [0.4, 0.5) is 17.1 Å². The summed E-state index contributed by atoms with van der Waals surface area (Å²) in [6.45, 7) is 0. The largest absolute Gasteiger partial charge is 0.310 e. The Labute approximate surface area is 353 Å². The van der Waals surface area contributed by atoms with Crippen LogP contribution in [0.5, 0.6) is 0 Å². The van der Waals surface area contributed by atoms with E-state index in [4.69, 9.17) is 15.0 Å². The van der Waals surface area contributed by atoms with E-state index in [1.165, 1.54) is 42.8 Å². The fourth-order valence-corrected chi connectivity index (χ4v) is 9.38. The lowest BCUT2D eigenvalue weighted by molar-refractivity contribution is 1.07. The average molecular weight is 785 g/mol. The molecule has 1 aliphatic rings. The summed E-state index contributed by atoms with van der Waals surface area (Å²) in [5, 5.41) is 2.46. The number of hydrogen-bond donors (Lipinski definition) is 0. The number of hydrogen-bond acceptors (Lipinski definition) is 5. The maximum atomic E-state index is 5.14. The second-order valence-corrected chi connectivity index (χ2v) is 15.9. The monoisotopic (exact) mass is 784 g/mol. The molecule has 0 fully saturated rings. The molecule has 0 radical (unpaired) electrons. The lowest BCUT2D eigenvalue weighted by Crippen LogP contribution is -2.11. The molecule has 0 atom stereocenters. The number of fused-ring (bicyclic) bond motifs is 2. The van der Waals surface area contributed by atoms with Crippen molar-refractivity contribution in [2.75, 3.05) is 4.90 Å². The zero-order valence-electron chi connectivity index (χ0n) is 32.5. The van der Waals surface area contributed by atoms with E-state index < -0.39 is 0 Å². The molecule has 1 aromatic heterocycles. The molecule has 282 valence electrons. The van der Waals surface area contributed by atoms with Gasteiger partial charge in [0.05, 0.1) is 5.69 Å². The fraction of sp³-hybridized carbons (Fsp3) is 0. The Balaban J connectivity index is 1.00. The Hall–Kier alpha value is -7.60. The van der Waals surface area contributed by atoms with Gasteiger partial charge in [0.15, 0.2) is 17.5 Å². The molecule has 9 aromatic carbocycles. The molecule has 0 bridgehead atoms. The van der Waals surface area contributed by atoms with Crippen LogP contribution in [-0.2, 0) is 0 Å². The highest BCUT2D eigenvalue weighted by Gasteiger charge is 2.24. The minimum atomic E-state index is 0.641. The molecule has 0 spiro atoms. The van der Waals surface area contributed by atoms with Crippen LogP contribution in [0.2, 0.25) is 0 Å². The molecular weight excluding hydrogens is 749 g/mol. The van der Waals surface area contributed by atoms with Gasteiger partial charge in [-0.3, -0.25) is 0 Å². The molecule has 60 heavy (non-hydrogen) atoms. The van der Waals surface area contributed by atoms with E-state index >= 15 is 0 Å². The Morgan fingerprint density at radius 1 is 0.317 bits per heavy atom. The molecule has 11 rings (SSSR count). The minimum Gasteiger partial charge on any atom is -0.310 e. The predicted octanol–water partition coefficient (Wildman–Crippen LogP) is 15.0. The number of aromatic nitrogens is 3. The summed E-state index contributed by atoms with van der Waals surface area (Å²) in [7, 11) is 0. The van der Waals surface area contributed by atoms with Crippen molar-refractivity contribution in [3.05, 3.63) is 218 Å². The van der Waals surface area contributed by atoms with Gasteiger partial charge in [0.2, 0.25) is 0 Å². The molecule has 1 aliphatic heterocycles. The van der Waals surface area contributed by atoms with Crippen LogP contribution in [-0.4, -0.2) is 15.0 Å². The summed E-state index contributed by atoms with van der Waals surface area (Å²) in [4.78, 5) is 20.0. The van der Waals surface area contributed by atoms with Gasteiger partial charge >= 0.3 is 0 Å². The summed E-state index contributed by atoms with van der Waals surface area (Å²) in [5.74, 6) is 1.93. The standard InChI is InChI=1S/C55H36N4S/c1-5-15-37(16-6-1)39-27-30-45(31-28-39)59(44-23-11-4-12-24-44)49-33-34-50-52-47(25-14-26-48(49)52)46-32-29-43(36-51(46)60-50)55-57-53(40-19-9-3-10-20-40)56-54(58-55)42-22-13-21-41(35-42)38-17-7-2-8-18-38/h1-36H. The van der Waals surface area contributed by atoms with Crippen LogP contribution in [0.1, 0.15) is 0 Å². The van der Waals surface area contributed by atoms with Crippen molar-refractivity contribution >= 4 is 39.6 Å². The van der Waals surface area contributed by atoms with E-state index in [0.717, 1.165) is 44.9 Å². The molecule has 0 amide bonds. The van der Waals surface area contributed by atoms with Crippen molar-refractivity contribution in [3.63, 3.8) is 0 Å². The van der Waals surface area contributed by atoms with Crippen LogP contribution < -0.4 is 4.90 Å². The summed E-state index contributed by atoms with van der Waals surface area (Å²) in [6.07, 6.45) is 0. The molecule has 10 aromatic rings. The average Bonchev–Trinajstić information content (AvgIpc) is 3.33. The van der Waals surface area contributed by atoms with Crippen LogP contribution >= 0.6 is 11.8 Å². The van der Waals surface area contributed by atoms with Crippen LogP contribution in [0.25, 0.3) is 78.3 Å². The van der Waals surface area contributed by atoms with E-state index in [0.29, 0.717) is 17.5 Å². The quantitative estimate of drug-likeness (QED) is 0.153. The maximum absolute atomic E-state index is 5.14. The van der Waals surface area contributed by atoms with Crippen LogP contribution in [0.3, 0.4) is 0 Å². The van der Waals surface area contributed by atoms with Crippen LogP contribution in [0, 0.1) is 0 Å². The number of para-hydroxylation sites is 1. The SMILES string of the molecule is c1ccc(-c2ccc(N(c3ccccc3)c3ccc4c5c(cccc35)-c3ccc(-c5nc(-c6ccccc6)nc(-c6cccc(-c7ccccc7)c6)n5)cc3S4)cc2)cc1. The Morgan fingerprint density at radius 2 is 0.817 bits per heavy atom. The summed E-state index contributed by atoms with van der Waals surface area (Å²) in [6, 6.07) is 77.0. The number of nitrogens with zero attached hydrogens (tertiary/aromatic N) is 4. The Kier molecular flexibility index (Phi) is 9.06. The normalized spacial score (nSPS) is 11.6. The third-order valence-electron chi connectivity index (χ3n) is 11.1. The van der Waals surface area contributed by atoms with Gasteiger partial charge in [0, 0.05) is 48.6 Å². The van der Waals surface area contributed by atoms with Gasteiger partial charge < -0.3 is 4.90 Å². The van der Waals surface area contributed by atoms with Gasteiger partial charge in [-0.1, -0.05) is 182 Å². The van der Waals surface area contributed by atoms with Crippen molar-refractivity contribution in [1.29, 1.82) is 0 Å². The van der Waals surface area contributed by atoms with Gasteiger partial charge in [-0.2, -0.15) is 0 Å². The molecule has 0 unspecified atom stereocenters. The van der Waals surface area contributed by atoms with Gasteiger partial charge in [-0.25, -0.2) is 15.0 Å². The second kappa shape index (κ2) is 15.3. The highest BCUT2D eigenvalue weighted by atomic mass is 32.2. The van der Waals surface area contributed by atoms with Crippen molar-refractivity contribution in [2.24, 2.45) is 0 Å². The minimum absolute atomic E-state index is 0.641. The van der Waals surface area contributed by atoms with E-state index in [-0.39, 0.29) is 0 Å². The maximum Gasteiger partial charge on any atom is 0.164 e. The van der Waals surface area contributed by atoms with Gasteiger partial charge in [0.25, 0.3) is 0 Å². The second-order valence-electron chi connectivity index (χ2n) is 14.8. The van der Waals surface area contributed by atoms with E-state index in [1.807, 2.05) is 24.3 Å². The smallest absolute Gasteiger partial charge is 0.164 e. The van der Waals surface area contributed by atoms with Crippen molar-refractivity contribution in [3.8, 4) is 67.5 Å². The molecule has 0 aliphatic carbocycles. The lowest BCUT2D eigenvalue weighted by Gasteiger charge is -2.29. The van der Waals surface area contributed by atoms with Crippen molar-refractivity contribution < 1.29 is 0 Å². The number of anilines is 3. The van der Waals surface area contributed by atoms with E-state index in [9.17, 15) is 0 Å². The van der Waals surface area contributed by atoms with Gasteiger partial charge in [-0.05, 0) is 81.9 Å². The van der Waals surface area contributed by atoms with E-state index in [1.54, 1.807) is 11.8 Å². The Morgan fingerprint density at radius 3 is 1.50 bits per heavy atom. The topological polar surface area (TPSA) is 41.9 Å². The zero-order chi connectivity index (χ0) is 39.8. The molecule has 5 heteroatoms. The van der Waals surface area contributed by atoms with Crippen molar-refractivity contribution in [2.45, 2.75) is 9.79 Å². The third-order valence-corrected chi connectivity index (χ3v) is 12.2. The highest BCUT2D eigenvalue weighted by Crippen LogP contribution is 2.52. The zero-order valence-corrected chi connectivity index (χ0v) is 33.3.